The summed E-state index contributed by atoms with van der Waals surface area (Å²) in [6.45, 7) is 3.98. The molecule has 0 heterocycles. The van der Waals surface area contributed by atoms with Crippen molar-refractivity contribution < 1.29 is 9.84 Å². The van der Waals surface area contributed by atoms with Crippen LogP contribution < -0.4 is 4.74 Å². The molecule has 1 N–H and O–H groups in total. The maximum Gasteiger partial charge on any atom is 0.124 e. The van der Waals surface area contributed by atoms with Gasteiger partial charge in [-0.3, -0.25) is 0 Å². The van der Waals surface area contributed by atoms with Crippen LogP contribution in [0.15, 0.2) is 40.9 Å². The molecule has 19 heavy (non-hydrogen) atoms. The van der Waals surface area contributed by atoms with E-state index >= 15 is 0 Å². The van der Waals surface area contributed by atoms with Crippen LogP contribution in [-0.4, -0.2) is 12.2 Å². The van der Waals surface area contributed by atoms with Gasteiger partial charge >= 0.3 is 0 Å². The Balaban J connectivity index is 2.45. The zero-order valence-electron chi connectivity index (χ0n) is 11.3. The highest BCUT2D eigenvalue weighted by molar-refractivity contribution is 9.10. The Kier molecular flexibility index (Phi) is 4.27. The van der Waals surface area contributed by atoms with Gasteiger partial charge in [0.2, 0.25) is 0 Å². The maximum absolute atomic E-state index is 10.5. The number of aliphatic hydroxyl groups excluding tert-OH is 1. The zero-order valence-corrected chi connectivity index (χ0v) is 12.9. The first kappa shape index (κ1) is 14.1. The Hall–Kier alpha value is -1.32. The van der Waals surface area contributed by atoms with Gasteiger partial charge < -0.3 is 9.84 Å². The molecule has 0 aliphatic carbocycles. The monoisotopic (exact) mass is 320 g/mol. The molecular formula is C16H17BrO2. The summed E-state index contributed by atoms with van der Waals surface area (Å²) in [5, 5.41) is 10.5. The van der Waals surface area contributed by atoms with Crippen LogP contribution in [-0.2, 0) is 0 Å². The number of methoxy groups -OCH3 is 1. The molecule has 0 saturated carbocycles. The first-order chi connectivity index (χ1) is 9.04. The number of hydrogen-bond donors (Lipinski definition) is 1. The highest BCUT2D eigenvalue weighted by Gasteiger charge is 2.15. The highest BCUT2D eigenvalue weighted by atomic mass is 79.9. The Bertz CT molecular complexity index is 570. The summed E-state index contributed by atoms with van der Waals surface area (Å²) in [7, 11) is 1.67. The van der Waals surface area contributed by atoms with E-state index in [2.05, 4.69) is 15.9 Å². The van der Waals surface area contributed by atoms with Crippen molar-refractivity contribution in [2.24, 2.45) is 0 Å². The van der Waals surface area contributed by atoms with Crippen molar-refractivity contribution >= 4 is 15.9 Å². The standard InChI is InChI=1S/C16H17BrO2/c1-10-8-12(9-11(2)16(10)19-3)15(18)13-6-4-5-7-14(13)17/h4-9,15,18H,1-3H3. The lowest BCUT2D eigenvalue weighted by Crippen LogP contribution is -2.03. The van der Waals surface area contributed by atoms with Gasteiger partial charge in [-0.1, -0.05) is 34.1 Å². The summed E-state index contributed by atoms with van der Waals surface area (Å²) >= 11 is 3.47. The van der Waals surface area contributed by atoms with Crippen molar-refractivity contribution in [1.82, 2.24) is 0 Å². The number of hydrogen-bond acceptors (Lipinski definition) is 2. The van der Waals surface area contributed by atoms with Gasteiger partial charge in [-0.2, -0.15) is 0 Å². The van der Waals surface area contributed by atoms with E-state index in [4.69, 9.17) is 4.74 Å². The van der Waals surface area contributed by atoms with Crippen molar-refractivity contribution in [3.63, 3.8) is 0 Å². The first-order valence-electron chi connectivity index (χ1n) is 6.12. The summed E-state index contributed by atoms with van der Waals surface area (Å²) in [4.78, 5) is 0. The van der Waals surface area contributed by atoms with Gasteiger partial charge in [0.25, 0.3) is 0 Å². The highest BCUT2D eigenvalue weighted by Crippen LogP contribution is 2.32. The molecule has 100 valence electrons. The Labute approximate surface area is 122 Å². The van der Waals surface area contributed by atoms with Gasteiger partial charge in [0.05, 0.1) is 7.11 Å². The number of rotatable bonds is 3. The fraction of sp³-hybridized carbons (Fsp3) is 0.250. The van der Waals surface area contributed by atoms with Crippen molar-refractivity contribution in [1.29, 1.82) is 0 Å². The van der Waals surface area contributed by atoms with E-state index in [1.807, 2.05) is 50.2 Å². The smallest absolute Gasteiger partial charge is 0.124 e. The Morgan fingerprint density at radius 3 is 2.21 bits per heavy atom. The normalized spacial score (nSPS) is 12.3. The second-order valence-electron chi connectivity index (χ2n) is 4.61. The van der Waals surface area contributed by atoms with Gasteiger partial charge in [-0.25, -0.2) is 0 Å². The molecule has 0 aliphatic rings. The largest absolute Gasteiger partial charge is 0.496 e. The van der Waals surface area contributed by atoms with Crippen LogP contribution in [0.1, 0.15) is 28.4 Å². The zero-order chi connectivity index (χ0) is 14.0. The molecule has 2 rings (SSSR count). The van der Waals surface area contributed by atoms with Gasteiger partial charge in [-0.05, 0) is 54.3 Å². The minimum Gasteiger partial charge on any atom is -0.496 e. The van der Waals surface area contributed by atoms with Crippen molar-refractivity contribution in [2.75, 3.05) is 7.11 Å². The molecule has 2 nitrogen and oxygen atoms in total. The minimum absolute atomic E-state index is 0.640. The van der Waals surface area contributed by atoms with Gasteiger partial charge in [0.1, 0.15) is 11.9 Å². The SMILES string of the molecule is COc1c(C)cc(C(O)c2ccccc2Br)cc1C. The number of halogens is 1. The Morgan fingerprint density at radius 2 is 1.68 bits per heavy atom. The number of aryl methyl sites for hydroxylation is 2. The van der Waals surface area contributed by atoms with Gasteiger partial charge in [0, 0.05) is 4.47 Å². The summed E-state index contributed by atoms with van der Waals surface area (Å²) in [5.41, 5.74) is 3.81. The average Bonchev–Trinajstić information content (AvgIpc) is 2.38. The summed E-state index contributed by atoms with van der Waals surface area (Å²) in [6, 6.07) is 11.6. The van der Waals surface area contributed by atoms with E-state index < -0.39 is 6.10 Å². The van der Waals surface area contributed by atoms with E-state index in [9.17, 15) is 5.11 Å². The summed E-state index contributed by atoms with van der Waals surface area (Å²) in [6.07, 6.45) is -0.640. The fourth-order valence-corrected chi connectivity index (χ4v) is 2.84. The van der Waals surface area contributed by atoms with Crippen LogP contribution >= 0.6 is 15.9 Å². The van der Waals surface area contributed by atoms with Gasteiger partial charge in [0.15, 0.2) is 0 Å². The van der Waals surface area contributed by atoms with Crippen LogP contribution in [0, 0.1) is 13.8 Å². The second-order valence-corrected chi connectivity index (χ2v) is 5.47. The lowest BCUT2D eigenvalue weighted by atomic mass is 9.97. The van der Waals surface area contributed by atoms with E-state index in [-0.39, 0.29) is 0 Å². The molecule has 0 bridgehead atoms. The van der Waals surface area contributed by atoms with E-state index in [0.29, 0.717) is 0 Å². The van der Waals surface area contributed by atoms with Crippen molar-refractivity contribution in [2.45, 2.75) is 20.0 Å². The van der Waals surface area contributed by atoms with Crippen LogP contribution in [0.25, 0.3) is 0 Å². The molecule has 0 aromatic heterocycles. The molecule has 1 atom stereocenters. The van der Waals surface area contributed by atoms with Crippen LogP contribution in [0.2, 0.25) is 0 Å². The van der Waals surface area contributed by atoms with E-state index in [1.54, 1.807) is 7.11 Å². The van der Waals surface area contributed by atoms with Crippen LogP contribution in [0.3, 0.4) is 0 Å². The molecular weight excluding hydrogens is 304 g/mol. The molecule has 0 aliphatic heterocycles. The number of aliphatic hydroxyl groups is 1. The second kappa shape index (κ2) is 5.76. The predicted molar refractivity (Wildman–Crippen MR) is 80.7 cm³/mol. The molecule has 0 saturated heterocycles. The third-order valence-electron chi connectivity index (χ3n) is 3.20. The quantitative estimate of drug-likeness (QED) is 0.920. The lowest BCUT2D eigenvalue weighted by Gasteiger charge is -2.17. The van der Waals surface area contributed by atoms with E-state index in [0.717, 1.165) is 32.5 Å². The molecule has 2 aromatic carbocycles. The molecule has 3 heteroatoms. The first-order valence-corrected chi connectivity index (χ1v) is 6.91. The Morgan fingerprint density at radius 1 is 1.11 bits per heavy atom. The van der Waals surface area contributed by atoms with Crippen molar-refractivity contribution in [3.8, 4) is 5.75 Å². The molecule has 0 fully saturated rings. The van der Waals surface area contributed by atoms with E-state index in [1.165, 1.54) is 0 Å². The molecule has 1 unspecified atom stereocenters. The third kappa shape index (κ3) is 2.82. The summed E-state index contributed by atoms with van der Waals surface area (Å²) < 4.78 is 6.26. The fourth-order valence-electron chi connectivity index (χ4n) is 2.34. The lowest BCUT2D eigenvalue weighted by molar-refractivity contribution is 0.219. The molecule has 0 radical (unpaired) electrons. The van der Waals surface area contributed by atoms with Crippen LogP contribution in [0.5, 0.6) is 5.75 Å². The predicted octanol–water partition coefficient (Wildman–Crippen LogP) is 4.16. The minimum atomic E-state index is -0.640. The maximum atomic E-state index is 10.5. The van der Waals surface area contributed by atoms with Crippen LogP contribution in [0.4, 0.5) is 0 Å². The number of benzene rings is 2. The molecule has 0 amide bonds. The van der Waals surface area contributed by atoms with Gasteiger partial charge in [-0.15, -0.1) is 0 Å². The third-order valence-corrected chi connectivity index (χ3v) is 3.92. The topological polar surface area (TPSA) is 29.5 Å². The van der Waals surface area contributed by atoms with Crippen molar-refractivity contribution in [3.05, 3.63) is 63.1 Å². The number of ether oxygens (including phenoxy) is 1. The molecule has 0 spiro atoms. The molecule has 2 aromatic rings. The average molecular weight is 321 g/mol. The summed E-state index contributed by atoms with van der Waals surface area (Å²) in [5.74, 6) is 0.878.